The largest absolute Gasteiger partial charge is 0.315 e. The van der Waals surface area contributed by atoms with Crippen molar-refractivity contribution in [3.05, 3.63) is 29.3 Å². The van der Waals surface area contributed by atoms with Crippen LogP contribution in [-0.2, 0) is 0 Å². The van der Waals surface area contributed by atoms with E-state index in [0.717, 1.165) is 5.02 Å². The van der Waals surface area contributed by atoms with Crippen LogP contribution in [0, 0.1) is 5.41 Å². The Kier molecular flexibility index (Phi) is 4.06. The molecule has 0 spiro atoms. The smallest absolute Gasteiger partial charge is 0.0417 e. The summed E-state index contributed by atoms with van der Waals surface area (Å²) in [7, 11) is 2.07. The minimum absolute atomic E-state index is 0.394. The van der Waals surface area contributed by atoms with E-state index in [1.54, 1.807) is 0 Å². The zero-order chi connectivity index (χ0) is 12.5. The lowest BCUT2D eigenvalue weighted by Gasteiger charge is -2.30. The summed E-state index contributed by atoms with van der Waals surface area (Å²) < 4.78 is 0. The SMILES string of the molecule is CNC1C(Sc2cccc(Cl)c2)CCC1(C)C. The molecule has 17 heavy (non-hydrogen) atoms. The van der Waals surface area contributed by atoms with Crippen molar-refractivity contribution in [2.75, 3.05) is 7.05 Å². The Morgan fingerprint density at radius 3 is 2.82 bits per heavy atom. The van der Waals surface area contributed by atoms with E-state index >= 15 is 0 Å². The van der Waals surface area contributed by atoms with Gasteiger partial charge in [0.1, 0.15) is 0 Å². The van der Waals surface area contributed by atoms with E-state index in [2.05, 4.69) is 38.3 Å². The van der Waals surface area contributed by atoms with E-state index in [-0.39, 0.29) is 0 Å². The van der Waals surface area contributed by atoms with Gasteiger partial charge in [0.25, 0.3) is 0 Å². The topological polar surface area (TPSA) is 12.0 Å². The van der Waals surface area contributed by atoms with E-state index in [4.69, 9.17) is 11.6 Å². The molecule has 0 amide bonds. The first kappa shape index (κ1) is 13.3. The van der Waals surface area contributed by atoms with Gasteiger partial charge in [-0.1, -0.05) is 31.5 Å². The molecule has 1 nitrogen and oxygen atoms in total. The standard InChI is InChI=1S/C14H20ClNS/c1-14(2)8-7-12(13(14)16-3)17-11-6-4-5-10(15)9-11/h4-6,9,12-13,16H,7-8H2,1-3H3. The van der Waals surface area contributed by atoms with Crippen LogP contribution in [0.25, 0.3) is 0 Å². The lowest BCUT2D eigenvalue weighted by Crippen LogP contribution is -2.41. The Bertz CT molecular complexity index is 392. The van der Waals surface area contributed by atoms with Crippen molar-refractivity contribution >= 4 is 23.4 Å². The summed E-state index contributed by atoms with van der Waals surface area (Å²) in [5.74, 6) is 0. The molecule has 0 radical (unpaired) electrons. The first-order chi connectivity index (χ1) is 8.03. The van der Waals surface area contributed by atoms with Gasteiger partial charge in [0.15, 0.2) is 0 Å². The molecule has 0 saturated heterocycles. The highest BCUT2D eigenvalue weighted by atomic mass is 35.5. The molecule has 1 N–H and O–H groups in total. The Labute approximate surface area is 113 Å². The summed E-state index contributed by atoms with van der Waals surface area (Å²) in [6.45, 7) is 4.71. The Morgan fingerprint density at radius 2 is 2.18 bits per heavy atom. The summed E-state index contributed by atoms with van der Waals surface area (Å²) in [5.41, 5.74) is 0.394. The van der Waals surface area contributed by atoms with Gasteiger partial charge in [0, 0.05) is 21.2 Å². The zero-order valence-electron chi connectivity index (χ0n) is 10.7. The number of hydrogen-bond donors (Lipinski definition) is 1. The molecule has 1 aromatic carbocycles. The van der Waals surface area contributed by atoms with Gasteiger partial charge in [-0.2, -0.15) is 0 Å². The highest BCUT2D eigenvalue weighted by molar-refractivity contribution is 8.00. The molecule has 2 atom stereocenters. The fourth-order valence-corrected chi connectivity index (χ4v) is 4.59. The van der Waals surface area contributed by atoms with Crippen molar-refractivity contribution in [3.8, 4) is 0 Å². The first-order valence-corrected chi connectivity index (χ1v) is 7.38. The van der Waals surface area contributed by atoms with Crippen LogP contribution in [0.15, 0.2) is 29.2 Å². The van der Waals surface area contributed by atoms with Crippen LogP contribution in [0.5, 0.6) is 0 Å². The van der Waals surface area contributed by atoms with Gasteiger partial charge < -0.3 is 5.32 Å². The summed E-state index contributed by atoms with van der Waals surface area (Å²) in [6.07, 6.45) is 2.56. The van der Waals surface area contributed by atoms with E-state index in [1.165, 1.54) is 17.7 Å². The summed E-state index contributed by atoms with van der Waals surface area (Å²) >= 11 is 7.98. The average Bonchev–Trinajstić information content (AvgIpc) is 2.53. The first-order valence-electron chi connectivity index (χ1n) is 6.12. The molecule has 1 aliphatic carbocycles. The van der Waals surface area contributed by atoms with Crippen molar-refractivity contribution < 1.29 is 0 Å². The van der Waals surface area contributed by atoms with E-state index in [9.17, 15) is 0 Å². The third-order valence-electron chi connectivity index (χ3n) is 3.68. The minimum Gasteiger partial charge on any atom is -0.315 e. The quantitative estimate of drug-likeness (QED) is 0.882. The zero-order valence-corrected chi connectivity index (χ0v) is 12.2. The Hall–Kier alpha value is -0.180. The van der Waals surface area contributed by atoms with Gasteiger partial charge >= 0.3 is 0 Å². The van der Waals surface area contributed by atoms with Crippen LogP contribution < -0.4 is 5.32 Å². The maximum Gasteiger partial charge on any atom is 0.0417 e. The lowest BCUT2D eigenvalue weighted by molar-refractivity contribution is 0.300. The average molecular weight is 270 g/mol. The van der Waals surface area contributed by atoms with Gasteiger partial charge in [-0.3, -0.25) is 0 Å². The van der Waals surface area contributed by atoms with Crippen LogP contribution in [-0.4, -0.2) is 18.3 Å². The van der Waals surface area contributed by atoms with Gasteiger partial charge in [-0.15, -0.1) is 11.8 Å². The molecular weight excluding hydrogens is 250 g/mol. The summed E-state index contributed by atoms with van der Waals surface area (Å²) in [5, 5.41) is 4.96. The molecule has 1 fully saturated rings. The van der Waals surface area contributed by atoms with E-state index < -0.39 is 0 Å². The second-order valence-electron chi connectivity index (χ2n) is 5.41. The van der Waals surface area contributed by atoms with Crippen LogP contribution in [0.2, 0.25) is 5.02 Å². The molecule has 1 aliphatic rings. The molecule has 0 bridgehead atoms. The van der Waals surface area contributed by atoms with Crippen molar-refractivity contribution in [2.45, 2.75) is 42.9 Å². The molecule has 1 aromatic rings. The van der Waals surface area contributed by atoms with Crippen LogP contribution in [0.4, 0.5) is 0 Å². The third-order valence-corrected chi connectivity index (χ3v) is 5.25. The highest BCUT2D eigenvalue weighted by Gasteiger charge is 2.41. The molecule has 0 aromatic heterocycles. The Morgan fingerprint density at radius 1 is 1.41 bits per heavy atom. The molecule has 3 heteroatoms. The van der Waals surface area contributed by atoms with Crippen molar-refractivity contribution in [2.24, 2.45) is 5.41 Å². The van der Waals surface area contributed by atoms with Crippen LogP contribution in [0.3, 0.4) is 0 Å². The molecule has 1 saturated carbocycles. The molecule has 0 aliphatic heterocycles. The fourth-order valence-electron chi connectivity index (χ4n) is 2.76. The third kappa shape index (κ3) is 2.98. The number of hydrogen-bond acceptors (Lipinski definition) is 2. The monoisotopic (exact) mass is 269 g/mol. The second kappa shape index (κ2) is 5.21. The van der Waals surface area contributed by atoms with Crippen LogP contribution in [0.1, 0.15) is 26.7 Å². The maximum atomic E-state index is 6.03. The van der Waals surface area contributed by atoms with E-state index in [0.29, 0.717) is 16.7 Å². The number of nitrogens with one attached hydrogen (secondary N) is 1. The maximum absolute atomic E-state index is 6.03. The Balaban J connectivity index is 2.09. The van der Waals surface area contributed by atoms with Crippen molar-refractivity contribution in [1.82, 2.24) is 5.32 Å². The summed E-state index contributed by atoms with van der Waals surface area (Å²) in [6, 6.07) is 8.74. The number of thioether (sulfide) groups is 1. The number of benzene rings is 1. The molecule has 0 heterocycles. The minimum atomic E-state index is 0.394. The van der Waals surface area contributed by atoms with E-state index in [1.807, 2.05) is 23.9 Å². The second-order valence-corrected chi connectivity index (χ2v) is 7.16. The fraction of sp³-hybridized carbons (Fsp3) is 0.571. The number of rotatable bonds is 3. The van der Waals surface area contributed by atoms with Crippen molar-refractivity contribution in [3.63, 3.8) is 0 Å². The highest BCUT2D eigenvalue weighted by Crippen LogP contribution is 2.45. The molecular formula is C14H20ClNS. The molecule has 2 unspecified atom stereocenters. The molecule has 94 valence electrons. The predicted octanol–water partition coefficient (Wildman–Crippen LogP) is 4.21. The van der Waals surface area contributed by atoms with Gasteiger partial charge in [-0.05, 0) is 43.5 Å². The van der Waals surface area contributed by atoms with Gasteiger partial charge in [0.05, 0.1) is 0 Å². The van der Waals surface area contributed by atoms with Crippen LogP contribution >= 0.6 is 23.4 Å². The lowest BCUT2D eigenvalue weighted by atomic mass is 9.87. The predicted molar refractivity (Wildman–Crippen MR) is 77.0 cm³/mol. The molecule has 2 rings (SSSR count). The summed E-state index contributed by atoms with van der Waals surface area (Å²) in [4.78, 5) is 1.28. The number of halogens is 1. The van der Waals surface area contributed by atoms with Crippen molar-refractivity contribution in [1.29, 1.82) is 0 Å². The van der Waals surface area contributed by atoms with Gasteiger partial charge in [-0.25, -0.2) is 0 Å². The normalized spacial score (nSPS) is 27.3. The van der Waals surface area contributed by atoms with Gasteiger partial charge in [0.2, 0.25) is 0 Å².